The summed E-state index contributed by atoms with van der Waals surface area (Å²) in [5, 5.41) is 4.30. The van der Waals surface area contributed by atoms with Gasteiger partial charge >= 0.3 is 0 Å². The molecule has 0 aliphatic rings. The molecule has 0 aliphatic carbocycles. The smallest absolute Gasteiger partial charge is 0.152 e. The molecule has 0 saturated heterocycles. The van der Waals surface area contributed by atoms with Gasteiger partial charge in [-0.3, -0.25) is 0 Å². The molecule has 13 heavy (non-hydrogen) atoms. The molecule has 0 radical (unpaired) electrons. The Morgan fingerprint density at radius 1 is 1.54 bits per heavy atom. The van der Waals surface area contributed by atoms with E-state index in [-0.39, 0.29) is 0 Å². The van der Waals surface area contributed by atoms with Crippen molar-refractivity contribution in [2.75, 3.05) is 18.8 Å². The first-order chi connectivity index (χ1) is 6.03. The summed E-state index contributed by atoms with van der Waals surface area (Å²) >= 11 is 0. The minimum absolute atomic E-state index is 0.700. The van der Waals surface area contributed by atoms with Gasteiger partial charge in [0.15, 0.2) is 5.82 Å². The fourth-order valence-corrected chi connectivity index (χ4v) is 1.13. The maximum Gasteiger partial charge on any atom is 0.152 e. The molecule has 4 heteroatoms. The van der Waals surface area contributed by atoms with Crippen LogP contribution in [0, 0.1) is 0 Å². The molecule has 0 aromatic carbocycles. The Balaban J connectivity index is 2.85. The summed E-state index contributed by atoms with van der Waals surface area (Å²) in [6, 6.07) is 0. The van der Waals surface area contributed by atoms with Gasteiger partial charge in [-0.25, -0.2) is 19.7 Å². The van der Waals surface area contributed by atoms with Crippen molar-refractivity contribution in [3.05, 3.63) is 24.8 Å². The normalized spacial score (nSPS) is 13.5. The van der Waals surface area contributed by atoms with Gasteiger partial charge in [0.2, 0.25) is 0 Å². The summed E-state index contributed by atoms with van der Waals surface area (Å²) in [7, 11) is -0.700. The summed E-state index contributed by atoms with van der Waals surface area (Å²) in [4.78, 5) is 4.08. The lowest BCUT2D eigenvalue weighted by Gasteiger charge is -2.17. The summed E-state index contributed by atoms with van der Waals surface area (Å²) < 4.78 is 1.73. The van der Waals surface area contributed by atoms with Crippen molar-refractivity contribution in [2.45, 2.75) is 0 Å². The van der Waals surface area contributed by atoms with E-state index < -0.39 is 10.0 Å². The monoisotopic (exact) mass is 197 g/mol. The molecule has 1 aromatic rings. The van der Waals surface area contributed by atoms with Crippen LogP contribution in [-0.2, 0) is 0 Å². The average Bonchev–Trinajstić information content (AvgIpc) is 2.46. The van der Waals surface area contributed by atoms with Gasteiger partial charge in [0.1, 0.15) is 0 Å². The molecule has 1 heterocycles. The van der Waals surface area contributed by atoms with Crippen LogP contribution in [-0.4, -0.2) is 34.0 Å². The zero-order valence-corrected chi connectivity index (χ0v) is 9.08. The molecule has 0 unspecified atom stereocenters. The van der Waals surface area contributed by atoms with E-state index in [4.69, 9.17) is 0 Å². The third-order valence-corrected chi connectivity index (χ3v) is 2.05. The molecule has 1 rings (SSSR count). The molecule has 0 spiro atoms. The fraction of sp³-hybridized carbons (Fsp3) is 0.333. The predicted molar refractivity (Wildman–Crippen MR) is 61.6 cm³/mol. The highest BCUT2D eigenvalue weighted by Crippen LogP contribution is 2.30. The van der Waals surface area contributed by atoms with Crippen LogP contribution in [0.1, 0.15) is 5.82 Å². The SMILES string of the molecule is C=Cc1nccn1N=CS(C)(C)C. The number of hydrogen-bond donors (Lipinski definition) is 0. The van der Waals surface area contributed by atoms with Crippen molar-refractivity contribution in [2.24, 2.45) is 5.10 Å². The van der Waals surface area contributed by atoms with E-state index >= 15 is 0 Å². The molecule has 0 saturated carbocycles. The predicted octanol–water partition coefficient (Wildman–Crippen LogP) is 2.01. The average molecular weight is 197 g/mol. The van der Waals surface area contributed by atoms with E-state index in [1.54, 1.807) is 16.9 Å². The van der Waals surface area contributed by atoms with Crippen molar-refractivity contribution < 1.29 is 0 Å². The van der Waals surface area contributed by atoms with E-state index in [1.807, 2.05) is 11.7 Å². The first kappa shape index (κ1) is 10.1. The molecule has 72 valence electrons. The van der Waals surface area contributed by atoms with Gasteiger partial charge in [-0.1, -0.05) is 6.58 Å². The van der Waals surface area contributed by atoms with Gasteiger partial charge in [-0.15, -0.1) is 0 Å². The number of aromatic nitrogens is 2. The molecule has 1 aromatic heterocycles. The maximum absolute atomic E-state index is 4.30. The molecule has 0 N–H and O–H groups in total. The number of imidazole rings is 1. The standard InChI is InChI=1S/C9H15N3S/c1-5-9-10-6-7-12(9)11-8-13(2,3)4/h5-8H,1H2,2-4H3. The summed E-state index contributed by atoms with van der Waals surface area (Å²) in [5.41, 5.74) is 1.97. The van der Waals surface area contributed by atoms with Gasteiger partial charge in [-0.05, 0) is 24.8 Å². The van der Waals surface area contributed by atoms with Gasteiger partial charge in [0.25, 0.3) is 0 Å². The van der Waals surface area contributed by atoms with Crippen molar-refractivity contribution in [3.8, 4) is 0 Å². The zero-order chi connectivity index (χ0) is 9.90. The molecule has 0 amide bonds. The van der Waals surface area contributed by atoms with Crippen LogP contribution in [0.4, 0.5) is 0 Å². The Morgan fingerprint density at radius 2 is 2.23 bits per heavy atom. The molecule has 0 atom stereocenters. The summed E-state index contributed by atoms with van der Waals surface area (Å²) in [5.74, 6) is 0.778. The van der Waals surface area contributed by atoms with Crippen molar-refractivity contribution in [1.82, 2.24) is 9.66 Å². The van der Waals surface area contributed by atoms with Crippen LogP contribution in [0.3, 0.4) is 0 Å². The molecular formula is C9H15N3S. The Bertz CT molecular complexity index is 320. The largest absolute Gasteiger partial charge is 0.236 e. The Morgan fingerprint density at radius 3 is 2.77 bits per heavy atom. The quantitative estimate of drug-likeness (QED) is 0.538. The van der Waals surface area contributed by atoms with Gasteiger partial charge in [0.05, 0.1) is 5.55 Å². The minimum atomic E-state index is -0.700. The van der Waals surface area contributed by atoms with E-state index in [9.17, 15) is 0 Å². The highest BCUT2D eigenvalue weighted by Gasteiger charge is 1.99. The summed E-state index contributed by atoms with van der Waals surface area (Å²) in [6.07, 6.45) is 11.8. The van der Waals surface area contributed by atoms with Crippen molar-refractivity contribution >= 4 is 21.7 Å². The molecule has 0 bridgehead atoms. The fourth-order valence-electron chi connectivity index (χ4n) is 0.744. The second kappa shape index (κ2) is 3.79. The lowest BCUT2D eigenvalue weighted by Crippen LogP contribution is -1.96. The lowest BCUT2D eigenvalue weighted by atomic mass is 10.6. The summed E-state index contributed by atoms with van der Waals surface area (Å²) in [6.45, 7) is 3.66. The van der Waals surface area contributed by atoms with Crippen LogP contribution in [0.2, 0.25) is 0 Å². The van der Waals surface area contributed by atoms with Crippen LogP contribution < -0.4 is 0 Å². The van der Waals surface area contributed by atoms with Crippen LogP contribution >= 0.6 is 10.0 Å². The minimum Gasteiger partial charge on any atom is -0.236 e. The van der Waals surface area contributed by atoms with Crippen molar-refractivity contribution in [1.29, 1.82) is 0 Å². The van der Waals surface area contributed by atoms with Gasteiger partial charge < -0.3 is 0 Å². The number of rotatable bonds is 3. The maximum atomic E-state index is 4.30. The number of hydrogen-bond acceptors (Lipinski definition) is 2. The Hall–Kier alpha value is -1.03. The molecule has 3 nitrogen and oxygen atoms in total. The van der Waals surface area contributed by atoms with E-state index in [1.165, 1.54) is 0 Å². The van der Waals surface area contributed by atoms with Gasteiger partial charge in [0, 0.05) is 12.4 Å². The third-order valence-electron chi connectivity index (χ3n) is 1.32. The second-order valence-electron chi connectivity index (χ2n) is 3.49. The lowest BCUT2D eigenvalue weighted by molar-refractivity contribution is 0.870. The first-order valence-electron chi connectivity index (χ1n) is 3.91. The Kier molecular flexibility index (Phi) is 2.93. The number of nitrogens with zero attached hydrogens (tertiary/aromatic N) is 3. The van der Waals surface area contributed by atoms with Crippen molar-refractivity contribution in [3.63, 3.8) is 0 Å². The zero-order valence-electron chi connectivity index (χ0n) is 8.27. The second-order valence-corrected chi connectivity index (χ2v) is 7.56. The van der Waals surface area contributed by atoms with E-state index in [0.29, 0.717) is 0 Å². The highest BCUT2D eigenvalue weighted by molar-refractivity contribution is 8.42. The molecular weight excluding hydrogens is 182 g/mol. The van der Waals surface area contributed by atoms with E-state index in [0.717, 1.165) is 5.82 Å². The highest BCUT2D eigenvalue weighted by atomic mass is 32.3. The van der Waals surface area contributed by atoms with E-state index in [2.05, 4.69) is 35.4 Å². The van der Waals surface area contributed by atoms with Crippen LogP contribution in [0.15, 0.2) is 24.1 Å². The van der Waals surface area contributed by atoms with Crippen LogP contribution in [0.5, 0.6) is 0 Å². The topological polar surface area (TPSA) is 30.2 Å². The third kappa shape index (κ3) is 3.06. The Labute approximate surface area is 80.5 Å². The van der Waals surface area contributed by atoms with Crippen LogP contribution in [0.25, 0.3) is 6.08 Å². The molecule has 0 aliphatic heterocycles. The molecule has 0 fully saturated rings. The first-order valence-corrected chi connectivity index (χ1v) is 6.83. The van der Waals surface area contributed by atoms with Gasteiger partial charge in [-0.2, -0.15) is 5.10 Å².